The lowest BCUT2D eigenvalue weighted by Gasteiger charge is -2.13. The number of hydrogen-bond donors (Lipinski definition) is 1. The molecule has 0 fully saturated rings. The molecule has 0 saturated carbocycles. The van der Waals surface area contributed by atoms with Crippen molar-refractivity contribution >= 4 is 34.2 Å². The van der Waals surface area contributed by atoms with Crippen LogP contribution in [0.15, 0.2) is 46.1 Å². The highest BCUT2D eigenvalue weighted by molar-refractivity contribution is 6.30. The summed E-state index contributed by atoms with van der Waals surface area (Å²) >= 11 is 5.89. The molecule has 2 heterocycles. The normalized spacial score (nSPS) is 10.8. The maximum atomic E-state index is 12.9. The van der Waals surface area contributed by atoms with Crippen LogP contribution in [0.3, 0.4) is 0 Å². The summed E-state index contributed by atoms with van der Waals surface area (Å²) in [6, 6.07) is 8.12. The molecule has 1 amide bonds. The van der Waals surface area contributed by atoms with Crippen molar-refractivity contribution in [3.63, 3.8) is 0 Å². The monoisotopic (exact) mass is 388 g/mol. The molecule has 0 radical (unpaired) electrons. The predicted molar refractivity (Wildman–Crippen MR) is 102 cm³/mol. The average molecular weight is 389 g/mol. The van der Waals surface area contributed by atoms with Crippen LogP contribution in [0.1, 0.15) is 6.92 Å². The predicted octanol–water partition coefficient (Wildman–Crippen LogP) is 1.79. The molecule has 3 aromatic rings. The van der Waals surface area contributed by atoms with Crippen molar-refractivity contribution in [2.75, 3.05) is 11.9 Å². The molecule has 3 rings (SSSR count). The van der Waals surface area contributed by atoms with E-state index in [2.05, 4.69) is 10.3 Å². The van der Waals surface area contributed by atoms with Gasteiger partial charge in [0.05, 0.1) is 6.61 Å². The lowest BCUT2D eigenvalue weighted by molar-refractivity contribution is -0.116. The van der Waals surface area contributed by atoms with Crippen molar-refractivity contribution in [2.24, 2.45) is 7.05 Å². The van der Waals surface area contributed by atoms with Gasteiger partial charge in [-0.15, -0.1) is 0 Å². The van der Waals surface area contributed by atoms with E-state index >= 15 is 0 Å². The molecule has 140 valence electrons. The first-order valence-electron chi connectivity index (χ1n) is 8.19. The van der Waals surface area contributed by atoms with Crippen LogP contribution in [-0.2, 0) is 18.4 Å². The van der Waals surface area contributed by atoms with Crippen LogP contribution < -0.4 is 21.3 Å². The van der Waals surface area contributed by atoms with E-state index in [4.69, 9.17) is 16.3 Å². The molecule has 9 heteroatoms. The van der Waals surface area contributed by atoms with Gasteiger partial charge in [-0.25, -0.2) is 14.3 Å². The van der Waals surface area contributed by atoms with Gasteiger partial charge in [0.2, 0.25) is 5.91 Å². The van der Waals surface area contributed by atoms with Gasteiger partial charge >= 0.3 is 5.69 Å². The number of halogens is 1. The summed E-state index contributed by atoms with van der Waals surface area (Å²) in [5.74, 6) is -0.218. The number of carbonyl (C=O) groups excluding carboxylic acids is 1. The third-order valence-electron chi connectivity index (χ3n) is 3.90. The molecule has 0 atom stereocenters. The molecule has 8 nitrogen and oxygen atoms in total. The number of nitrogens with zero attached hydrogens (tertiary/aromatic N) is 3. The van der Waals surface area contributed by atoms with E-state index in [1.165, 1.54) is 17.8 Å². The second-order valence-electron chi connectivity index (χ2n) is 5.73. The van der Waals surface area contributed by atoms with E-state index in [0.29, 0.717) is 23.1 Å². The largest absolute Gasteiger partial charge is 0.493 e. The first-order chi connectivity index (χ1) is 12.9. The number of rotatable bonds is 5. The Bertz CT molecular complexity index is 1140. The Hall–Kier alpha value is -3.13. The van der Waals surface area contributed by atoms with E-state index in [9.17, 15) is 14.4 Å². The molecule has 0 aliphatic rings. The second-order valence-corrected chi connectivity index (χ2v) is 6.17. The van der Waals surface area contributed by atoms with E-state index < -0.39 is 23.7 Å². The molecule has 1 aromatic carbocycles. The number of benzene rings is 1. The second kappa shape index (κ2) is 7.63. The van der Waals surface area contributed by atoms with Crippen molar-refractivity contribution < 1.29 is 9.53 Å². The number of hydrogen-bond acceptors (Lipinski definition) is 5. The highest BCUT2D eigenvalue weighted by Gasteiger charge is 2.18. The van der Waals surface area contributed by atoms with Crippen LogP contribution in [0, 0.1) is 0 Å². The summed E-state index contributed by atoms with van der Waals surface area (Å²) in [5, 5.41) is 3.22. The Morgan fingerprint density at radius 1 is 1.30 bits per heavy atom. The van der Waals surface area contributed by atoms with Gasteiger partial charge in [0.25, 0.3) is 5.56 Å². The summed E-state index contributed by atoms with van der Waals surface area (Å²) in [6.07, 6.45) is 1.46. The van der Waals surface area contributed by atoms with Gasteiger partial charge < -0.3 is 10.1 Å². The Balaban J connectivity index is 2.04. The highest BCUT2D eigenvalue weighted by Crippen LogP contribution is 2.19. The van der Waals surface area contributed by atoms with Gasteiger partial charge in [-0.2, -0.15) is 0 Å². The lowest BCUT2D eigenvalue weighted by Crippen LogP contribution is -2.42. The molecular weight excluding hydrogens is 372 g/mol. The van der Waals surface area contributed by atoms with Gasteiger partial charge in [-0.1, -0.05) is 17.7 Å². The molecule has 0 unspecified atom stereocenters. The number of pyridine rings is 1. The third-order valence-corrected chi connectivity index (χ3v) is 4.13. The number of nitrogens with one attached hydrogen (secondary N) is 1. The number of amides is 1. The van der Waals surface area contributed by atoms with E-state index in [1.54, 1.807) is 37.3 Å². The van der Waals surface area contributed by atoms with E-state index in [-0.39, 0.29) is 11.0 Å². The molecule has 0 aliphatic carbocycles. The molecule has 0 saturated heterocycles. The topological polar surface area (TPSA) is 95.2 Å². The fourth-order valence-electron chi connectivity index (χ4n) is 2.71. The van der Waals surface area contributed by atoms with Gasteiger partial charge in [-0.3, -0.25) is 14.2 Å². The van der Waals surface area contributed by atoms with Gasteiger partial charge in [0.15, 0.2) is 5.65 Å². The summed E-state index contributed by atoms with van der Waals surface area (Å²) in [4.78, 5) is 41.9. The summed E-state index contributed by atoms with van der Waals surface area (Å²) < 4.78 is 7.55. The smallest absolute Gasteiger partial charge is 0.332 e. The van der Waals surface area contributed by atoms with E-state index in [1.807, 2.05) is 0 Å². The first-order valence-corrected chi connectivity index (χ1v) is 8.57. The Labute approximate surface area is 159 Å². The fraction of sp³-hybridized carbons (Fsp3) is 0.222. The zero-order chi connectivity index (χ0) is 19.6. The van der Waals surface area contributed by atoms with Gasteiger partial charge in [-0.05, 0) is 31.2 Å². The standard InChI is InChI=1S/C18H17ClN4O4/c1-3-27-13-7-8-20-16-15(13)17(25)23(18(26)22(16)2)10-14(24)21-12-6-4-5-11(19)9-12/h4-9H,3,10H2,1-2H3,(H,21,24). The summed E-state index contributed by atoms with van der Waals surface area (Å²) in [6.45, 7) is 1.68. The molecule has 0 aliphatic heterocycles. The number of aromatic nitrogens is 3. The van der Waals surface area contributed by atoms with Crippen LogP contribution >= 0.6 is 11.6 Å². The molecule has 1 N–H and O–H groups in total. The van der Waals surface area contributed by atoms with Crippen molar-refractivity contribution in [3.8, 4) is 5.75 Å². The zero-order valence-corrected chi connectivity index (χ0v) is 15.5. The quantitative estimate of drug-likeness (QED) is 0.719. The molecule has 0 spiro atoms. The maximum Gasteiger partial charge on any atom is 0.332 e. The van der Waals surface area contributed by atoms with E-state index in [0.717, 1.165) is 4.57 Å². The van der Waals surface area contributed by atoms with Crippen LogP contribution in [0.2, 0.25) is 5.02 Å². The lowest BCUT2D eigenvalue weighted by atomic mass is 10.3. The molecular formula is C18H17ClN4O4. The SMILES string of the molecule is CCOc1ccnc2c1c(=O)n(CC(=O)Nc1cccc(Cl)c1)c(=O)n2C. The van der Waals surface area contributed by atoms with Crippen molar-refractivity contribution in [2.45, 2.75) is 13.5 Å². The minimum atomic E-state index is -0.644. The number of anilines is 1. The van der Waals surface area contributed by atoms with Crippen molar-refractivity contribution in [1.29, 1.82) is 0 Å². The van der Waals surface area contributed by atoms with Crippen LogP contribution in [0.5, 0.6) is 5.75 Å². The molecule has 2 aromatic heterocycles. The average Bonchev–Trinajstić information content (AvgIpc) is 2.63. The Morgan fingerprint density at radius 2 is 2.07 bits per heavy atom. The summed E-state index contributed by atoms with van der Waals surface area (Å²) in [7, 11) is 1.48. The number of fused-ring (bicyclic) bond motifs is 1. The number of ether oxygens (including phenoxy) is 1. The van der Waals surface area contributed by atoms with Crippen LogP contribution in [-0.4, -0.2) is 26.6 Å². The van der Waals surface area contributed by atoms with Gasteiger partial charge in [0.1, 0.15) is 17.7 Å². The highest BCUT2D eigenvalue weighted by atomic mass is 35.5. The minimum Gasteiger partial charge on any atom is -0.493 e. The number of aryl methyl sites for hydroxylation is 1. The molecule has 27 heavy (non-hydrogen) atoms. The minimum absolute atomic E-state index is 0.150. The zero-order valence-electron chi connectivity index (χ0n) is 14.7. The third kappa shape index (κ3) is 3.70. The first kappa shape index (κ1) is 18.7. The Kier molecular flexibility index (Phi) is 5.27. The number of carbonyl (C=O) groups is 1. The summed E-state index contributed by atoms with van der Waals surface area (Å²) in [5.41, 5.74) is -0.613. The van der Waals surface area contributed by atoms with Crippen LogP contribution in [0.4, 0.5) is 5.69 Å². The Morgan fingerprint density at radius 3 is 2.78 bits per heavy atom. The van der Waals surface area contributed by atoms with Crippen molar-refractivity contribution in [3.05, 3.63) is 62.4 Å². The molecule has 0 bridgehead atoms. The fourth-order valence-corrected chi connectivity index (χ4v) is 2.90. The van der Waals surface area contributed by atoms with Crippen LogP contribution in [0.25, 0.3) is 11.0 Å². The van der Waals surface area contributed by atoms with Crippen molar-refractivity contribution in [1.82, 2.24) is 14.1 Å². The van der Waals surface area contributed by atoms with Gasteiger partial charge in [0, 0.05) is 24.0 Å². The maximum absolute atomic E-state index is 12.9.